The molecule has 0 spiro atoms. The average molecular weight is 390 g/mol. The molecule has 0 N–H and O–H groups in total. The van der Waals surface area contributed by atoms with Gasteiger partial charge in [0.05, 0.1) is 13.2 Å². The molecule has 0 fully saturated rings. The fraction of sp³-hybridized carbons (Fsp3) is 0.208. The minimum Gasteiger partial charge on any atom is -0.458 e. The Bertz CT molecular complexity index is 945. The summed E-state index contributed by atoms with van der Waals surface area (Å²) in [4.78, 5) is 25.6. The molecule has 3 rings (SSSR count). The van der Waals surface area contributed by atoms with Crippen LogP contribution in [0.2, 0.25) is 0 Å². The molecule has 0 saturated carbocycles. The maximum Gasteiger partial charge on any atom is 0.403 e. The van der Waals surface area contributed by atoms with E-state index in [0.717, 1.165) is 16.7 Å². The van der Waals surface area contributed by atoms with Crippen LogP contribution in [0.15, 0.2) is 72.8 Å². The van der Waals surface area contributed by atoms with Crippen molar-refractivity contribution in [3.8, 4) is 11.1 Å². The molecule has 1 heterocycles. The van der Waals surface area contributed by atoms with Crippen molar-refractivity contribution in [1.82, 2.24) is 0 Å². The number of carbonyl (C=O) groups excluding carboxylic acids is 2. The Hall–Kier alpha value is -3.47. The zero-order valence-corrected chi connectivity index (χ0v) is 16.6. The topological polar surface area (TPSA) is 56.5 Å². The molecule has 29 heavy (non-hydrogen) atoms. The zero-order valence-electron chi connectivity index (χ0n) is 16.6. The third kappa shape index (κ3) is 4.88. The first-order valence-corrected chi connectivity index (χ1v) is 9.65. The van der Waals surface area contributed by atoms with Crippen molar-refractivity contribution in [3.05, 3.63) is 89.7 Å². The van der Waals surface area contributed by atoms with Crippen LogP contribution in [0.1, 0.15) is 40.4 Å². The maximum absolute atomic E-state index is 12.8. The summed E-state index contributed by atoms with van der Waals surface area (Å²) in [5.41, 5.74) is 3.22. The Morgan fingerprint density at radius 1 is 0.724 bits per heavy atom. The lowest BCUT2D eigenvalue weighted by molar-refractivity contribution is -0.693. The van der Waals surface area contributed by atoms with Crippen LogP contribution < -0.4 is 4.57 Å². The second-order valence-electron chi connectivity index (χ2n) is 6.39. The molecule has 0 aliphatic carbocycles. The second kappa shape index (κ2) is 9.64. The summed E-state index contributed by atoms with van der Waals surface area (Å²) in [6.45, 7) is 4.35. The van der Waals surface area contributed by atoms with E-state index in [1.807, 2.05) is 60.7 Å². The summed E-state index contributed by atoms with van der Waals surface area (Å²) >= 11 is 0. The number of carbonyl (C=O) groups is 2. The van der Waals surface area contributed by atoms with Crippen LogP contribution in [0, 0.1) is 0 Å². The first-order valence-electron chi connectivity index (χ1n) is 9.65. The maximum atomic E-state index is 12.8. The van der Waals surface area contributed by atoms with Crippen LogP contribution in [-0.2, 0) is 16.0 Å². The number of aromatic nitrogens is 1. The Labute approximate surface area is 170 Å². The van der Waals surface area contributed by atoms with Crippen molar-refractivity contribution in [1.29, 1.82) is 0 Å². The molecular weight excluding hydrogens is 366 g/mol. The van der Waals surface area contributed by atoms with E-state index < -0.39 is 11.9 Å². The van der Waals surface area contributed by atoms with Gasteiger partial charge in [0.1, 0.15) is 0 Å². The van der Waals surface area contributed by atoms with Crippen LogP contribution >= 0.6 is 0 Å². The number of rotatable bonds is 7. The molecule has 2 aromatic carbocycles. The summed E-state index contributed by atoms with van der Waals surface area (Å²) in [7, 11) is 0. The van der Waals surface area contributed by atoms with Crippen LogP contribution in [0.25, 0.3) is 11.1 Å². The van der Waals surface area contributed by atoms with E-state index in [1.165, 1.54) is 0 Å². The third-order valence-electron chi connectivity index (χ3n) is 4.43. The van der Waals surface area contributed by atoms with Gasteiger partial charge < -0.3 is 9.47 Å². The van der Waals surface area contributed by atoms with Gasteiger partial charge in [0.15, 0.2) is 6.54 Å². The lowest BCUT2D eigenvalue weighted by atomic mass is 10.0. The molecule has 5 heteroatoms. The average Bonchev–Trinajstić information content (AvgIpc) is 2.75. The fourth-order valence-electron chi connectivity index (χ4n) is 3.10. The van der Waals surface area contributed by atoms with Gasteiger partial charge >= 0.3 is 11.9 Å². The number of ether oxygens (including phenoxy) is 2. The van der Waals surface area contributed by atoms with Crippen LogP contribution in [0.3, 0.4) is 0 Å². The lowest BCUT2D eigenvalue weighted by Gasteiger charge is -2.11. The summed E-state index contributed by atoms with van der Waals surface area (Å²) in [5, 5.41) is 0. The van der Waals surface area contributed by atoms with Gasteiger partial charge in [0, 0.05) is 17.7 Å². The van der Waals surface area contributed by atoms with Gasteiger partial charge in [-0.1, -0.05) is 60.7 Å². The molecule has 0 saturated heterocycles. The monoisotopic (exact) mass is 390 g/mol. The third-order valence-corrected chi connectivity index (χ3v) is 4.43. The highest BCUT2D eigenvalue weighted by Crippen LogP contribution is 2.21. The molecule has 0 aliphatic heterocycles. The Kier molecular flexibility index (Phi) is 6.74. The zero-order chi connectivity index (χ0) is 20.6. The lowest BCUT2D eigenvalue weighted by Crippen LogP contribution is -2.47. The summed E-state index contributed by atoms with van der Waals surface area (Å²) < 4.78 is 12.2. The van der Waals surface area contributed by atoms with E-state index >= 15 is 0 Å². The van der Waals surface area contributed by atoms with Gasteiger partial charge in [-0.2, -0.15) is 4.57 Å². The number of nitrogens with zero attached hydrogens (tertiary/aromatic N) is 1. The van der Waals surface area contributed by atoms with Gasteiger partial charge in [-0.3, -0.25) is 0 Å². The SMILES string of the molecule is CCOC(=O)c1cc(-c2ccccc2)cc(C(=O)OCC)[n+]1Cc1ccccc1. The molecule has 0 amide bonds. The van der Waals surface area contributed by atoms with Gasteiger partial charge in [-0.05, 0) is 25.0 Å². The first kappa shape index (κ1) is 20.3. The summed E-state index contributed by atoms with van der Waals surface area (Å²) in [6.07, 6.45) is 0. The highest BCUT2D eigenvalue weighted by molar-refractivity contribution is 5.91. The second-order valence-corrected chi connectivity index (χ2v) is 6.39. The number of benzene rings is 2. The predicted molar refractivity (Wildman–Crippen MR) is 110 cm³/mol. The van der Waals surface area contributed by atoms with Gasteiger partial charge in [0.25, 0.3) is 11.4 Å². The van der Waals surface area contributed by atoms with Crippen LogP contribution in [0.4, 0.5) is 0 Å². The molecule has 3 aromatic rings. The minimum absolute atomic E-state index is 0.245. The molecular formula is C24H24NO4+. The van der Waals surface area contributed by atoms with E-state index in [1.54, 1.807) is 30.5 Å². The van der Waals surface area contributed by atoms with Crippen molar-refractivity contribution in [2.75, 3.05) is 13.2 Å². The molecule has 5 nitrogen and oxygen atoms in total. The summed E-state index contributed by atoms with van der Waals surface area (Å²) in [5.74, 6) is -0.960. The number of hydrogen-bond acceptors (Lipinski definition) is 4. The predicted octanol–water partition coefficient (Wildman–Crippen LogP) is 4.04. The molecule has 1 aromatic heterocycles. The van der Waals surface area contributed by atoms with Crippen molar-refractivity contribution in [2.45, 2.75) is 20.4 Å². The normalized spacial score (nSPS) is 10.4. The van der Waals surface area contributed by atoms with Crippen LogP contribution in [-0.4, -0.2) is 25.2 Å². The molecule has 0 radical (unpaired) electrons. The van der Waals surface area contributed by atoms with E-state index in [2.05, 4.69) is 0 Å². The minimum atomic E-state index is -0.480. The quantitative estimate of drug-likeness (QED) is 0.451. The van der Waals surface area contributed by atoms with E-state index in [9.17, 15) is 9.59 Å². The number of hydrogen-bond donors (Lipinski definition) is 0. The molecule has 148 valence electrons. The highest BCUT2D eigenvalue weighted by atomic mass is 16.5. The molecule has 0 atom stereocenters. The van der Waals surface area contributed by atoms with E-state index in [-0.39, 0.29) is 13.2 Å². The largest absolute Gasteiger partial charge is 0.458 e. The Morgan fingerprint density at radius 3 is 1.69 bits per heavy atom. The number of esters is 2. The first-order chi connectivity index (χ1) is 14.1. The fourth-order valence-corrected chi connectivity index (χ4v) is 3.10. The van der Waals surface area contributed by atoms with Crippen molar-refractivity contribution >= 4 is 11.9 Å². The number of pyridine rings is 1. The summed E-state index contributed by atoms with van der Waals surface area (Å²) in [6, 6.07) is 22.8. The molecule has 0 aliphatic rings. The molecule has 0 bridgehead atoms. The van der Waals surface area contributed by atoms with E-state index in [0.29, 0.717) is 17.9 Å². The highest BCUT2D eigenvalue weighted by Gasteiger charge is 2.31. The molecule has 0 unspecified atom stereocenters. The Morgan fingerprint density at radius 2 is 1.21 bits per heavy atom. The van der Waals surface area contributed by atoms with Crippen molar-refractivity contribution < 1.29 is 23.6 Å². The van der Waals surface area contributed by atoms with Gasteiger partial charge in [0.2, 0.25) is 0 Å². The van der Waals surface area contributed by atoms with E-state index in [4.69, 9.17) is 9.47 Å². The van der Waals surface area contributed by atoms with Gasteiger partial charge in [-0.15, -0.1) is 0 Å². The van der Waals surface area contributed by atoms with Crippen molar-refractivity contribution in [2.24, 2.45) is 0 Å². The standard InChI is InChI=1S/C24H24NO4/c1-3-28-23(26)21-15-20(19-13-9-6-10-14-19)16-22(24(27)29-4-2)25(21)17-18-11-7-5-8-12-18/h5-16H,3-4,17H2,1-2H3/q+1. The smallest absolute Gasteiger partial charge is 0.403 e. The van der Waals surface area contributed by atoms with Crippen LogP contribution in [0.5, 0.6) is 0 Å². The van der Waals surface area contributed by atoms with Crippen molar-refractivity contribution in [3.63, 3.8) is 0 Å². The van der Waals surface area contributed by atoms with Gasteiger partial charge in [-0.25, -0.2) is 9.59 Å². The Balaban J connectivity index is 2.21.